The third-order valence-electron chi connectivity index (χ3n) is 3.54. The standard InChI is InChI=1S/C18H20N2O/c1-13(19)10-15-11-20-18-16(15)8-5-9-17(18)21-12-14-6-3-2-4-7-14/h2-9,11,13,20H,10,12,19H2,1H3/t13-/m0/s1. The molecule has 21 heavy (non-hydrogen) atoms. The number of hydrogen-bond acceptors (Lipinski definition) is 2. The maximum atomic E-state index is 5.96. The second-order valence-electron chi connectivity index (χ2n) is 5.45. The van der Waals surface area contributed by atoms with Gasteiger partial charge in [0.1, 0.15) is 12.4 Å². The van der Waals surface area contributed by atoms with Crippen molar-refractivity contribution in [3.63, 3.8) is 0 Å². The summed E-state index contributed by atoms with van der Waals surface area (Å²) in [5.41, 5.74) is 9.35. The maximum absolute atomic E-state index is 5.96. The van der Waals surface area contributed by atoms with E-state index in [1.807, 2.05) is 43.5 Å². The van der Waals surface area contributed by atoms with Crippen LogP contribution < -0.4 is 10.5 Å². The van der Waals surface area contributed by atoms with Crippen LogP contribution in [0.5, 0.6) is 5.75 Å². The van der Waals surface area contributed by atoms with Gasteiger partial charge in [0.05, 0.1) is 5.52 Å². The topological polar surface area (TPSA) is 51.0 Å². The number of nitrogens with one attached hydrogen (secondary N) is 1. The van der Waals surface area contributed by atoms with Crippen LogP contribution in [0.25, 0.3) is 10.9 Å². The highest BCUT2D eigenvalue weighted by atomic mass is 16.5. The quantitative estimate of drug-likeness (QED) is 0.749. The second kappa shape index (κ2) is 6.02. The molecule has 0 spiro atoms. The van der Waals surface area contributed by atoms with Crippen molar-refractivity contribution in [1.29, 1.82) is 0 Å². The van der Waals surface area contributed by atoms with Crippen LogP contribution in [0.1, 0.15) is 18.1 Å². The Kier molecular flexibility index (Phi) is 3.93. The fourth-order valence-corrected chi connectivity index (χ4v) is 2.56. The molecule has 0 aliphatic carbocycles. The molecular weight excluding hydrogens is 260 g/mol. The van der Waals surface area contributed by atoms with Gasteiger partial charge in [-0.05, 0) is 30.5 Å². The van der Waals surface area contributed by atoms with Crippen LogP contribution in [0.15, 0.2) is 54.7 Å². The third kappa shape index (κ3) is 3.09. The van der Waals surface area contributed by atoms with Gasteiger partial charge in [0.2, 0.25) is 0 Å². The molecule has 0 aliphatic heterocycles. The fraction of sp³-hybridized carbons (Fsp3) is 0.222. The smallest absolute Gasteiger partial charge is 0.143 e. The highest BCUT2D eigenvalue weighted by molar-refractivity contribution is 5.88. The third-order valence-corrected chi connectivity index (χ3v) is 3.54. The van der Waals surface area contributed by atoms with Crippen LogP contribution in [0.4, 0.5) is 0 Å². The molecule has 0 bridgehead atoms. The van der Waals surface area contributed by atoms with Crippen LogP contribution in [0.3, 0.4) is 0 Å². The molecule has 0 aliphatic rings. The van der Waals surface area contributed by atoms with Crippen LogP contribution in [0, 0.1) is 0 Å². The van der Waals surface area contributed by atoms with Gasteiger partial charge >= 0.3 is 0 Å². The lowest BCUT2D eigenvalue weighted by atomic mass is 10.1. The molecule has 3 nitrogen and oxygen atoms in total. The first-order chi connectivity index (χ1) is 10.2. The number of para-hydroxylation sites is 1. The summed E-state index contributed by atoms with van der Waals surface area (Å²) in [6.07, 6.45) is 2.89. The minimum absolute atomic E-state index is 0.151. The van der Waals surface area contributed by atoms with E-state index in [-0.39, 0.29) is 6.04 Å². The summed E-state index contributed by atoms with van der Waals surface area (Å²) in [7, 11) is 0. The van der Waals surface area contributed by atoms with Crippen LogP contribution in [0.2, 0.25) is 0 Å². The van der Waals surface area contributed by atoms with Crippen molar-refractivity contribution >= 4 is 10.9 Å². The number of benzene rings is 2. The largest absolute Gasteiger partial charge is 0.487 e. The number of H-pyrrole nitrogens is 1. The lowest BCUT2D eigenvalue weighted by Gasteiger charge is -2.08. The van der Waals surface area contributed by atoms with E-state index in [2.05, 4.69) is 23.2 Å². The number of fused-ring (bicyclic) bond motifs is 1. The SMILES string of the molecule is C[C@H](N)Cc1c[nH]c2c(OCc3ccccc3)cccc12. The highest BCUT2D eigenvalue weighted by Gasteiger charge is 2.09. The number of nitrogens with two attached hydrogens (primary N) is 1. The summed E-state index contributed by atoms with van der Waals surface area (Å²) in [6.45, 7) is 2.59. The molecule has 0 amide bonds. The molecule has 0 radical (unpaired) electrons. The van der Waals surface area contributed by atoms with Gasteiger partial charge in [0.25, 0.3) is 0 Å². The summed E-state index contributed by atoms with van der Waals surface area (Å²) in [4.78, 5) is 3.32. The molecule has 0 unspecified atom stereocenters. The maximum Gasteiger partial charge on any atom is 0.143 e. The minimum atomic E-state index is 0.151. The summed E-state index contributed by atoms with van der Waals surface area (Å²) < 4.78 is 5.96. The first-order valence-corrected chi connectivity index (χ1v) is 7.25. The zero-order valence-corrected chi connectivity index (χ0v) is 12.2. The predicted octanol–water partition coefficient (Wildman–Crippen LogP) is 3.64. The van der Waals surface area contributed by atoms with Crippen molar-refractivity contribution in [3.05, 3.63) is 65.9 Å². The van der Waals surface area contributed by atoms with E-state index >= 15 is 0 Å². The van der Waals surface area contributed by atoms with Crippen molar-refractivity contribution in [3.8, 4) is 5.75 Å². The van der Waals surface area contributed by atoms with Crippen LogP contribution in [-0.2, 0) is 13.0 Å². The van der Waals surface area contributed by atoms with E-state index < -0.39 is 0 Å². The molecular formula is C18H20N2O. The Morgan fingerprint density at radius 1 is 1.10 bits per heavy atom. The summed E-state index contributed by atoms with van der Waals surface area (Å²) >= 11 is 0. The molecule has 108 valence electrons. The van der Waals surface area contributed by atoms with Gasteiger partial charge in [-0.2, -0.15) is 0 Å². The van der Waals surface area contributed by atoms with Gasteiger partial charge in [0.15, 0.2) is 0 Å². The van der Waals surface area contributed by atoms with Crippen molar-refractivity contribution in [2.45, 2.75) is 26.0 Å². The minimum Gasteiger partial charge on any atom is -0.487 e. The average Bonchev–Trinajstić information content (AvgIpc) is 2.89. The Morgan fingerprint density at radius 2 is 1.90 bits per heavy atom. The van der Waals surface area contributed by atoms with Gasteiger partial charge < -0.3 is 15.5 Å². The molecule has 0 fully saturated rings. The molecule has 0 saturated carbocycles. The van der Waals surface area contributed by atoms with Gasteiger partial charge in [-0.1, -0.05) is 42.5 Å². The second-order valence-corrected chi connectivity index (χ2v) is 5.45. The van der Waals surface area contributed by atoms with Crippen LogP contribution in [-0.4, -0.2) is 11.0 Å². The van der Waals surface area contributed by atoms with Gasteiger partial charge in [0, 0.05) is 17.6 Å². The summed E-state index contributed by atoms with van der Waals surface area (Å²) in [5.74, 6) is 0.882. The molecule has 0 saturated heterocycles. The van der Waals surface area contributed by atoms with E-state index in [0.29, 0.717) is 6.61 Å². The van der Waals surface area contributed by atoms with E-state index in [9.17, 15) is 0 Å². The zero-order chi connectivity index (χ0) is 14.7. The molecule has 3 heteroatoms. The Bertz CT molecular complexity index is 716. The van der Waals surface area contributed by atoms with Crippen molar-refractivity contribution in [2.24, 2.45) is 5.73 Å². The van der Waals surface area contributed by atoms with Gasteiger partial charge in [-0.3, -0.25) is 0 Å². The summed E-state index contributed by atoms with van der Waals surface area (Å²) in [6, 6.07) is 16.5. The number of aromatic nitrogens is 1. The molecule has 3 aromatic rings. The lowest BCUT2D eigenvalue weighted by Crippen LogP contribution is -2.17. The monoisotopic (exact) mass is 280 g/mol. The molecule has 3 N–H and O–H groups in total. The normalized spacial score (nSPS) is 12.5. The van der Waals surface area contributed by atoms with Crippen molar-refractivity contribution < 1.29 is 4.74 Å². The fourth-order valence-electron chi connectivity index (χ4n) is 2.56. The Labute approximate surface area is 124 Å². The Morgan fingerprint density at radius 3 is 2.67 bits per heavy atom. The van der Waals surface area contributed by atoms with E-state index in [1.54, 1.807) is 0 Å². The van der Waals surface area contributed by atoms with Gasteiger partial charge in [-0.25, -0.2) is 0 Å². The Hall–Kier alpha value is -2.26. The molecule has 2 aromatic carbocycles. The van der Waals surface area contributed by atoms with E-state index in [1.165, 1.54) is 10.9 Å². The molecule has 1 aromatic heterocycles. The van der Waals surface area contributed by atoms with Crippen molar-refractivity contribution in [2.75, 3.05) is 0 Å². The first kappa shape index (κ1) is 13.7. The summed E-state index contributed by atoms with van der Waals surface area (Å²) in [5, 5.41) is 1.19. The number of aromatic amines is 1. The highest BCUT2D eigenvalue weighted by Crippen LogP contribution is 2.28. The Balaban J connectivity index is 1.84. The number of hydrogen-bond donors (Lipinski definition) is 2. The predicted molar refractivity (Wildman–Crippen MR) is 86.4 cm³/mol. The van der Waals surface area contributed by atoms with Gasteiger partial charge in [-0.15, -0.1) is 0 Å². The first-order valence-electron chi connectivity index (χ1n) is 7.25. The van der Waals surface area contributed by atoms with Crippen LogP contribution >= 0.6 is 0 Å². The van der Waals surface area contributed by atoms with Crippen molar-refractivity contribution in [1.82, 2.24) is 4.98 Å². The number of ether oxygens (including phenoxy) is 1. The average molecular weight is 280 g/mol. The molecule has 1 heterocycles. The van der Waals surface area contributed by atoms with E-state index in [0.717, 1.165) is 23.3 Å². The molecule has 1 atom stereocenters. The molecule has 3 rings (SSSR count). The number of rotatable bonds is 5. The zero-order valence-electron chi connectivity index (χ0n) is 12.2. The van der Waals surface area contributed by atoms with E-state index in [4.69, 9.17) is 10.5 Å². The lowest BCUT2D eigenvalue weighted by molar-refractivity contribution is 0.309.